The first kappa shape index (κ1) is 17.0. The monoisotopic (exact) mass is 311 g/mol. The molecule has 0 unspecified atom stereocenters. The number of amides is 2. The van der Waals surface area contributed by atoms with Crippen LogP contribution in [0.5, 0.6) is 5.75 Å². The Kier molecular flexibility index (Phi) is 7.25. The maximum absolute atomic E-state index is 11.4. The average Bonchev–Trinajstić information content (AvgIpc) is 2.46. The van der Waals surface area contributed by atoms with Crippen LogP contribution in [0.4, 0.5) is 0 Å². The predicted octanol–water partition coefficient (Wildman–Crippen LogP) is 1.71. The van der Waals surface area contributed by atoms with Crippen LogP contribution in [0.3, 0.4) is 0 Å². The van der Waals surface area contributed by atoms with Gasteiger partial charge in [-0.15, -0.1) is 0 Å². The van der Waals surface area contributed by atoms with Crippen molar-refractivity contribution in [1.29, 1.82) is 0 Å². The van der Waals surface area contributed by atoms with Gasteiger partial charge in [-0.25, -0.2) is 5.43 Å². The molecule has 7 heteroatoms. The molecule has 1 aromatic carbocycles. The van der Waals surface area contributed by atoms with E-state index in [1.165, 1.54) is 6.21 Å². The van der Waals surface area contributed by atoms with E-state index in [1.807, 2.05) is 6.92 Å². The lowest BCUT2D eigenvalue weighted by Gasteiger charge is -2.08. The van der Waals surface area contributed by atoms with E-state index in [0.29, 0.717) is 29.5 Å². The highest BCUT2D eigenvalue weighted by atomic mass is 35.5. The number of hydrogen-bond donors (Lipinski definition) is 2. The van der Waals surface area contributed by atoms with Gasteiger partial charge in [-0.1, -0.05) is 18.5 Å². The topological polar surface area (TPSA) is 79.8 Å². The fraction of sp³-hybridized carbons (Fsp3) is 0.357. The van der Waals surface area contributed by atoms with Crippen LogP contribution in [0.25, 0.3) is 0 Å². The van der Waals surface area contributed by atoms with E-state index in [4.69, 9.17) is 16.3 Å². The summed E-state index contributed by atoms with van der Waals surface area (Å²) in [6.07, 6.45) is 2.25. The van der Waals surface area contributed by atoms with Crippen LogP contribution in [0.1, 0.15) is 25.8 Å². The molecule has 1 rings (SSSR count). The molecule has 0 aliphatic heterocycles. The lowest BCUT2D eigenvalue weighted by atomic mass is 10.2. The minimum absolute atomic E-state index is 0.374. The third kappa shape index (κ3) is 5.83. The van der Waals surface area contributed by atoms with E-state index < -0.39 is 11.8 Å². The summed E-state index contributed by atoms with van der Waals surface area (Å²) < 4.78 is 5.54. The van der Waals surface area contributed by atoms with Crippen molar-refractivity contribution in [3.05, 3.63) is 28.8 Å². The molecular weight excluding hydrogens is 294 g/mol. The van der Waals surface area contributed by atoms with Crippen LogP contribution in [-0.4, -0.2) is 31.2 Å². The van der Waals surface area contributed by atoms with Crippen LogP contribution in [0.15, 0.2) is 23.3 Å². The van der Waals surface area contributed by atoms with E-state index in [-0.39, 0.29) is 0 Å². The number of likely N-dealkylation sites (N-methyl/N-ethyl adjacent to an activating group) is 1. The van der Waals surface area contributed by atoms with Crippen LogP contribution in [0.2, 0.25) is 5.02 Å². The number of ether oxygens (including phenoxy) is 1. The van der Waals surface area contributed by atoms with Gasteiger partial charge < -0.3 is 10.1 Å². The normalized spacial score (nSPS) is 10.4. The third-order valence-electron chi connectivity index (χ3n) is 2.35. The summed E-state index contributed by atoms with van der Waals surface area (Å²) in [5.74, 6) is -0.952. The Bertz CT molecular complexity index is 532. The Hall–Kier alpha value is -2.08. The molecule has 0 atom stereocenters. The minimum Gasteiger partial charge on any atom is -0.493 e. The largest absolute Gasteiger partial charge is 0.493 e. The molecule has 0 saturated carbocycles. The lowest BCUT2D eigenvalue weighted by molar-refractivity contribution is -0.139. The summed E-state index contributed by atoms with van der Waals surface area (Å²) in [7, 11) is 0. The fourth-order valence-electron chi connectivity index (χ4n) is 1.42. The maximum atomic E-state index is 11.4. The number of carbonyl (C=O) groups excluding carboxylic acids is 2. The second-order valence-electron chi connectivity index (χ2n) is 4.09. The second-order valence-corrected chi connectivity index (χ2v) is 4.53. The first-order valence-corrected chi connectivity index (χ1v) is 6.99. The zero-order valence-corrected chi connectivity index (χ0v) is 12.7. The minimum atomic E-state index is -0.828. The van der Waals surface area contributed by atoms with E-state index in [2.05, 4.69) is 15.8 Å². The van der Waals surface area contributed by atoms with Crippen molar-refractivity contribution < 1.29 is 14.3 Å². The summed E-state index contributed by atoms with van der Waals surface area (Å²) in [6, 6.07) is 5.09. The molecule has 2 N–H and O–H groups in total. The van der Waals surface area contributed by atoms with Crippen LogP contribution in [-0.2, 0) is 9.59 Å². The van der Waals surface area contributed by atoms with Gasteiger partial charge in [0.2, 0.25) is 0 Å². The number of halogens is 1. The molecule has 6 nitrogen and oxygen atoms in total. The SMILES string of the molecule is CCCOc1ccc(Cl)cc1/C=N\NC(=O)C(=O)NCC. The molecule has 0 heterocycles. The van der Waals surface area contributed by atoms with E-state index in [9.17, 15) is 9.59 Å². The molecule has 21 heavy (non-hydrogen) atoms. The number of nitrogens with zero attached hydrogens (tertiary/aromatic N) is 1. The predicted molar refractivity (Wildman–Crippen MR) is 81.7 cm³/mol. The number of carbonyl (C=O) groups is 2. The summed E-state index contributed by atoms with van der Waals surface area (Å²) in [5.41, 5.74) is 2.76. The van der Waals surface area contributed by atoms with Crippen molar-refractivity contribution in [2.75, 3.05) is 13.2 Å². The van der Waals surface area contributed by atoms with Crippen molar-refractivity contribution in [2.45, 2.75) is 20.3 Å². The highest BCUT2D eigenvalue weighted by molar-refractivity contribution is 6.35. The molecular formula is C14H18ClN3O3. The highest BCUT2D eigenvalue weighted by Gasteiger charge is 2.10. The lowest BCUT2D eigenvalue weighted by Crippen LogP contribution is -2.37. The number of hydrazone groups is 1. The molecule has 0 aliphatic rings. The van der Waals surface area contributed by atoms with Gasteiger partial charge in [-0.3, -0.25) is 9.59 Å². The van der Waals surface area contributed by atoms with Gasteiger partial charge in [0.15, 0.2) is 0 Å². The summed E-state index contributed by atoms with van der Waals surface area (Å²) >= 11 is 5.92. The Balaban J connectivity index is 2.72. The molecule has 0 aliphatic carbocycles. The van der Waals surface area contributed by atoms with Crippen molar-refractivity contribution in [3.8, 4) is 5.75 Å². The van der Waals surface area contributed by atoms with Gasteiger partial charge in [-0.2, -0.15) is 5.10 Å². The first-order valence-electron chi connectivity index (χ1n) is 6.62. The van der Waals surface area contributed by atoms with Gasteiger partial charge in [0.25, 0.3) is 0 Å². The molecule has 0 bridgehead atoms. The second kappa shape index (κ2) is 8.97. The quantitative estimate of drug-likeness (QED) is 0.477. The number of hydrogen-bond acceptors (Lipinski definition) is 4. The third-order valence-corrected chi connectivity index (χ3v) is 2.58. The van der Waals surface area contributed by atoms with Gasteiger partial charge in [0.1, 0.15) is 5.75 Å². The molecule has 0 spiro atoms. The van der Waals surface area contributed by atoms with Crippen molar-refractivity contribution in [1.82, 2.24) is 10.7 Å². The van der Waals surface area contributed by atoms with E-state index in [1.54, 1.807) is 25.1 Å². The van der Waals surface area contributed by atoms with Gasteiger partial charge in [0.05, 0.1) is 12.8 Å². The van der Waals surface area contributed by atoms with E-state index >= 15 is 0 Å². The molecule has 2 amide bonds. The Morgan fingerprint density at radius 1 is 1.33 bits per heavy atom. The van der Waals surface area contributed by atoms with Gasteiger partial charge in [-0.05, 0) is 31.5 Å². The molecule has 0 radical (unpaired) electrons. The smallest absolute Gasteiger partial charge is 0.329 e. The molecule has 114 valence electrons. The number of nitrogens with one attached hydrogen (secondary N) is 2. The average molecular weight is 312 g/mol. The van der Waals surface area contributed by atoms with Crippen LogP contribution < -0.4 is 15.5 Å². The fourth-order valence-corrected chi connectivity index (χ4v) is 1.60. The molecule has 0 aromatic heterocycles. The zero-order valence-electron chi connectivity index (χ0n) is 12.0. The number of rotatable bonds is 6. The molecule has 0 saturated heterocycles. The summed E-state index contributed by atoms with van der Waals surface area (Å²) in [5, 5.41) is 6.63. The van der Waals surface area contributed by atoms with Crippen molar-refractivity contribution in [3.63, 3.8) is 0 Å². The first-order chi connectivity index (χ1) is 10.1. The summed E-state index contributed by atoms with van der Waals surface area (Å²) in [6.45, 7) is 4.65. The van der Waals surface area contributed by atoms with Gasteiger partial charge >= 0.3 is 11.8 Å². The van der Waals surface area contributed by atoms with Crippen molar-refractivity contribution >= 4 is 29.6 Å². The molecule has 1 aromatic rings. The van der Waals surface area contributed by atoms with Crippen molar-refractivity contribution in [2.24, 2.45) is 5.10 Å². The molecule has 0 fully saturated rings. The Morgan fingerprint density at radius 2 is 2.10 bits per heavy atom. The van der Waals surface area contributed by atoms with E-state index in [0.717, 1.165) is 6.42 Å². The maximum Gasteiger partial charge on any atom is 0.329 e. The summed E-state index contributed by atoms with van der Waals surface area (Å²) in [4.78, 5) is 22.6. The van der Waals surface area contributed by atoms with Crippen LogP contribution in [0, 0.1) is 0 Å². The highest BCUT2D eigenvalue weighted by Crippen LogP contribution is 2.21. The Morgan fingerprint density at radius 3 is 2.76 bits per heavy atom. The zero-order chi connectivity index (χ0) is 15.7. The Labute approximate surface area is 128 Å². The number of benzene rings is 1. The standard InChI is InChI=1S/C14H18ClN3O3/c1-3-7-21-12-6-5-11(15)8-10(12)9-17-18-14(20)13(19)16-4-2/h5-6,8-9H,3-4,7H2,1-2H3,(H,16,19)(H,18,20)/b17-9-. The van der Waals surface area contributed by atoms with Gasteiger partial charge in [0, 0.05) is 17.1 Å². The van der Waals surface area contributed by atoms with Crippen LogP contribution >= 0.6 is 11.6 Å².